The van der Waals surface area contributed by atoms with Gasteiger partial charge in [0.1, 0.15) is 0 Å². The molecular weight excluding hydrogens is 276 g/mol. The zero-order chi connectivity index (χ0) is 15.7. The Balaban J connectivity index is 1.73. The second-order valence-electron chi connectivity index (χ2n) is 5.87. The Morgan fingerprint density at radius 3 is 2.82 bits per heavy atom. The van der Waals surface area contributed by atoms with Gasteiger partial charge in [0.05, 0.1) is 23.6 Å². The predicted octanol–water partition coefficient (Wildman–Crippen LogP) is 2.43. The van der Waals surface area contributed by atoms with Gasteiger partial charge in [0, 0.05) is 19.3 Å². The summed E-state index contributed by atoms with van der Waals surface area (Å²) in [4.78, 5) is 14.6. The number of carbonyl (C=O) groups is 1. The topological polar surface area (TPSA) is 50.2 Å². The summed E-state index contributed by atoms with van der Waals surface area (Å²) in [6, 6.07) is 8.34. The van der Waals surface area contributed by atoms with Gasteiger partial charge in [0.15, 0.2) is 0 Å². The number of carbonyl (C=O) groups excluding carboxylic acids is 1. The third-order valence-electron chi connectivity index (χ3n) is 4.31. The smallest absolute Gasteiger partial charge is 0.243 e. The predicted molar refractivity (Wildman–Crippen MR) is 88.3 cm³/mol. The van der Waals surface area contributed by atoms with E-state index in [9.17, 15) is 4.79 Å². The number of para-hydroxylation sites is 1. The normalized spacial score (nSPS) is 13.9. The molecule has 3 rings (SSSR count). The molecule has 22 heavy (non-hydrogen) atoms. The van der Waals surface area contributed by atoms with Gasteiger partial charge >= 0.3 is 0 Å². The highest BCUT2D eigenvalue weighted by molar-refractivity contribution is 5.95. The fraction of sp³-hybridized carbons (Fsp3) is 0.412. The van der Waals surface area contributed by atoms with Gasteiger partial charge in [-0.05, 0) is 38.3 Å². The van der Waals surface area contributed by atoms with Gasteiger partial charge in [-0.25, -0.2) is 0 Å². The Labute approximate surface area is 130 Å². The second-order valence-corrected chi connectivity index (χ2v) is 5.87. The molecule has 0 saturated heterocycles. The van der Waals surface area contributed by atoms with Crippen LogP contribution in [0.1, 0.15) is 23.4 Å². The fourth-order valence-corrected chi connectivity index (χ4v) is 3.08. The van der Waals surface area contributed by atoms with Gasteiger partial charge in [-0.15, -0.1) is 0 Å². The molecule has 1 aliphatic rings. The summed E-state index contributed by atoms with van der Waals surface area (Å²) in [6.07, 6.45) is 2.18. The van der Waals surface area contributed by atoms with Crippen molar-refractivity contribution in [2.75, 3.05) is 23.3 Å². The first kappa shape index (κ1) is 14.6. The fourth-order valence-electron chi connectivity index (χ4n) is 3.08. The lowest BCUT2D eigenvalue weighted by Gasteiger charge is -2.30. The minimum Gasteiger partial charge on any atom is -0.362 e. The molecular formula is C17H22N4O. The quantitative estimate of drug-likeness (QED) is 0.947. The number of rotatable bonds is 3. The number of benzene rings is 1. The maximum atomic E-state index is 12.4. The summed E-state index contributed by atoms with van der Waals surface area (Å²) in [5.41, 5.74) is 5.17. The zero-order valence-electron chi connectivity index (χ0n) is 13.4. The first-order valence-electron chi connectivity index (χ1n) is 7.69. The molecule has 2 aromatic rings. The number of anilines is 2. The van der Waals surface area contributed by atoms with E-state index in [2.05, 4.69) is 33.5 Å². The molecule has 0 aliphatic carbocycles. The summed E-state index contributed by atoms with van der Waals surface area (Å²) in [7, 11) is 1.89. The standard InChI is InChI=1S/C17H22N4O/c1-12-17(13(2)20(3)19-12)18-16(22)11-21-10-6-8-14-7-4-5-9-15(14)21/h4-5,7,9H,6,8,10-11H2,1-3H3,(H,18,22). The molecule has 1 aromatic heterocycles. The van der Waals surface area contributed by atoms with Crippen molar-refractivity contribution in [2.24, 2.45) is 7.05 Å². The van der Waals surface area contributed by atoms with Crippen LogP contribution in [0.15, 0.2) is 24.3 Å². The lowest BCUT2D eigenvalue weighted by atomic mass is 10.0. The number of fused-ring (bicyclic) bond motifs is 1. The van der Waals surface area contributed by atoms with E-state index < -0.39 is 0 Å². The summed E-state index contributed by atoms with van der Waals surface area (Å²) < 4.78 is 1.79. The summed E-state index contributed by atoms with van der Waals surface area (Å²) in [6.45, 7) is 5.19. The molecule has 5 nitrogen and oxygen atoms in total. The Bertz CT molecular complexity index is 705. The van der Waals surface area contributed by atoms with Crippen molar-refractivity contribution in [3.8, 4) is 0 Å². The third kappa shape index (κ3) is 2.71. The molecule has 0 fully saturated rings. The summed E-state index contributed by atoms with van der Waals surface area (Å²) >= 11 is 0. The SMILES string of the molecule is Cc1nn(C)c(C)c1NC(=O)CN1CCCc2ccccc21. The number of aromatic nitrogens is 2. The van der Waals surface area contributed by atoms with Crippen molar-refractivity contribution >= 4 is 17.3 Å². The van der Waals surface area contributed by atoms with Crippen molar-refractivity contribution < 1.29 is 4.79 Å². The Morgan fingerprint density at radius 1 is 1.32 bits per heavy atom. The molecule has 2 heterocycles. The Morgan fingerprint density at radius 2 is 2.09 bits per heavy atom. The maximum Gasteiger partial charge on any atom is 0.243 e. The van der Waals surface area contributed by atoms with Crippen LogP contribution in [0, 0.1) is 13.8 Å². The largest absolute Gasteiger partial charge is 0.362 e. The second kappa shape index (κ2) is 5.83. The van der Waals surface area contributed by atoms with Gasteiger partial charge in [-0.3, -0.25) is 9.48 Å². The van der Waals surface area contributed by atoms with Crippen molar-refractivity contribution in [1.82, 2.24) is 9.78 Å². The summed E-state index contributed by atoms with van der Waals surface area (Å²) in [5, 5.41) is 7.35. The van der Waals surface area contributed by atoms with Crippen LogP contribution in [0.2, 0.25) is 0 Å². The van der Waals surface area contributed by atoms with Crippen molar-refractivity contribution in [2.45, 2.75) is 26.7 Å². The van der Waals surface area contributed by atoms with E-state index in [0.29, 0.717) is 6.54 Å². The minimum absolute atomic E-state index is 0.0101. The molecule has 1 aromatic carbocycles. The van der Waals surface area contributed by atoms with E-state index in [4.69, 9.17) is 0 Å². The van der Waals surface area contributed by atoms with E-state index in [1.807, 2.05) is 27.0 Å². The van der Waals surface area contributed by atoms with Crippen LogP contribution in [0.5, 0.6) is 0 Å². The lowest BCUT2D eigenvalue weighted by Crippen LogP contribution is -2.36. The van der Waals surface area contributed by atoms with Gasteiger partial charge in [0.2, 0.25) is 5.91 Å². The third-order valence-corrected chi connectivity index (χ3v) is 4.31. The van der Waals surface area contributed by atoms with Crippen LogP contribution in [-0.4, -0.2) is 28.8 Å². The van der Waals surface area contributed by atoms with Crippen LogP contribution in [0.25, 0.3) is 0 Å². The van der Waals surface area contributed by atoms with Crippen molar-refractivity contribution in [3.63, 3.8) is 0 Å². The van der Waals surface area contributed by atoms with Crippen LogP contribution >= 0.6 is 0 Å². The van der Waals surface area contributed by atoms with Gasteiger partial charge in [0.25, 0.3) is 0 Å². The first-order valence-corrected chi connectivity index (χ1v) is 7.69. The van der Waals surface area contributed by atoms with Crippen LogP contribution < -0.4 is 10.2 Å². The van der Waals surface area contributed by atoms with Crippen LogP contribution in [0.3, 0.4) is 0 Å². The molecule has 1 amide bonds. The van der Waals surface area contributed by atoms with Crippen LogP contribution in [-0.2, 0) is 18.3 Å². The highest BCUT2D eigenvalue weighted by Gasteiger charge is 2.20. The van der Waals surface area contributed by atoms with Gasteiger partial charge < -0.3 is 10.2 Å². The van der Waals surface area contributed by atoms with E-state index in [-0.39, 0.29) is 5.91 Å². The van der Waals surface area contributed by atoms with Gasteiger partial charge in [-0.1, -0.05) is 18.2 Å². The first-order chi connectivity index (χ1) is 10.6. The average molecular weight is 298 g/mol. The van der Waals surface area contributed by atoms with Crippen LogP contribution in [0.4, 0.5) is 11.4 Å². The monoisotopic (exact) mass is 298 g/mol. The molecule has 0 radical (unpaired) electrons. The average Bonchev–Trinajstić information content (AvgIpc) is 2.74. The molecule has 0 bridgehead atoms. The van der Waals surface area contributed by atoms with E-state index >= 15 is 0 Å². The van der Waals surface area contributed by atoms with Crippen molar-refractivity contribution in [3.05, 3.63) is 41.2 Å². The highest BCUT2D eigenvalue weighted by atomic mass is 16.2. The number of aryl methyl sites for hydroxylation is 3. The number of nitrogens with one attached hydrogen (secondary N) is 1. The minimum atomic E-state index is 0.0101. The lowest BCUT2D eigenvalue weighted by molar-refractivity contribution is -0.115. The summed E-state index contributed by atoms with van der Waals surface area (Å²) in [5.74, 6) is 0.0101. The maximum absolute atomic E-state index is 12.4. The molecule has 0 atom stereocenters. The Hall–Kier alpha value is -2.30. The van der Waals surface area contributed by atoms with Gasteiger partial charge in [-0.2, -0.15) is 5.10 Å². The van der Waals surface area contributed by atoms with E-state index in [0.717, 1.165) is 36.5 Å². The Kier molecular flexibility index (Phi) is 3.88. The molecule has 1 aliphatic heterocycles. The number of nitrogens with zero attached hydrogens (tertiary/aromatic N) is 3. The van der Waals surface area contributed by atoms with E-state index in [1.165, 1.54) is 11.3 Å². The number of amides is 1. The molecule has 116 valence electrons. The molecule has 0 spiro atoms. The molecule has 5 heteroatoms. The molecule has 1 N–H and O–H groups in total. The van der Waals surface area contributed by atoms with E-state index in [1.54, 1.807) is 4.68 Å². The molecule has 0 saturated carbocycles. The zero-order valence-corrected chi connectivity index (χ0v) is 13.4. The number of hydrogen-bond acceptors (Lipinski definition) is 3. The highest BCUT2D eigenvalue weighted by Crippen LogP contribution is 2.26. The number of hydrogen-bond donors (Lipinski definition) is 1. The van der Waals surface area contributed by atoms with Crippen molar-refractivity contribution in [1.29, 1.82) is 0 Å². The molecule has 0 unspecified atom stereocenters.